The molecule has 1 amide bonds. The lowest BCUT2D eigenvalue weighted by molar-refractivity contribution is -0.144. The highest BCUT2D eigenvalue weighted by molar-refractivity contribution is 7.89. The van der Waals surface area contributed by atoms with Crippen molar-refractivity contribution in [3.05, 3.63) is 0 Å². The maximum atomic E-state index is 12.0. The Morgan fingerprint density at radius 2 is 1.90 bits per heavy atom. The highest BCUT2D eigenvalue weighted by atomic mass is 32.2. The van der Waals surface area contributed by atoms with Crippen LogP contribution in [-0.4, -0.2) is 55.1 Å². The predicted molar refractivity (Wildman–Crippen MR) is 76.1 cm³/mol. The van der Waals surface area contributed by atoms with Gasteiger partial charge in [-0.15, -0.1) is 0 Å². The first-order valence-electron chi connectivity index (χ1n) is 7.38. The molecule has 1 aliphatic heterocycles. The second-order valence-electron chi connectivity index (χ2n) is 5.76. The van der Waals surface area contributed by atoms with Gasteiger partial charge in [-0.2, -0.15) is 0 Å². The van der Waals surface area contributed by atoms with E-state index in [1.54, 1.807) is 0 Å². The van der Waals surface area contributed by atoms with Crippen molar-refractivity contribution in [3.63, 3.8) is 0 Å². The van der Waals surface area contributed by atoms with Crippen LogP contribution < -0.4 is 5.32 Å². The molecule has 0 bridgehead atoms. The van der Waals surface area contributed by atoms with Crippen molar-refractivity contribution in [1.29, 1.82) is 0 Å². The number of amides is 1. The van der Waals surface area contributed by atoms with Gasteiger partial charge in [-0.1, -0.05) is 6.42 Å². The van der Waals surface area contributed by atoms with Crippen LogP contribution in [0.15, 0.2) is 0 Å². The van der Waals surface area contributed by atoms with Crippen LogP contribution >= 0.6 is 0 Å². The van der Waals surface area contributed by atoms with Crippen LogP contribution in [0.5, 0.6) is 0 Å². The molecule has 1 heterocycles. The molecule has 2 fully saturated rings. The Morgan fingerprint density at radius 1 is 1.19 bits per heavy atom. The molecule has 1 saturated heterocycles. The molecule has 1 aliphatic carbocycles. The van der Waals surface area contributed by atoms with Gasteiger partial charge in [-0.05, 0) is 25.7 Å². The third-order valence-corrected chi connectivity index (χ3v) is 6.21. The fourth-order valence-corrected chi connectivity index (χ4v) is 4.57. The molecule has 8 heteroatoms. The zero-order chi connectivity index (χ0) is 15.5. The molecular weight excluding hydrogens is 296 g/mol. The normalized spacial score (nSPS) is 29.1. The van der Waals surface area contributed by atoms with Crippen LogP contribution in [0.1, 0.15) is 32.1 Å². The van der Waals surface area contributed by atoms with Crippen molar-refractivity contribution >= 4 is 21.9 Å². The van der Waals surface area contributed by atoms with Gasteiger partial charge in [0.05, 0.1) is 11.7 Å². The van der Waals surface area contributed by atoms with Gasteiger partial charge >= 0.3 is 5.97 Å². The van der Waals surface area contributed by atoms with Crippen molar-refractivity contribution in [2.75, 3.05) is 25.4 Å². The van der Waals surface area contributed by atoms with Gasteiger partial charge in [0, 0.05) is 25.6 Å². The number of nitrogens with zero attached hydrogens (tertiary/aromatic N) is 1. The number of hydrogen-bond donors (Lipinski definition) is 2. The van der Waals surface area contributed by atoms with E-state index in [0.29, 0.717) is 38.8 Å². The van der Waals surface area contributed by atoms with E-state index in [0.717, 1.165) is 6.42 Å². The molecule has 1 saturated carbocycles. The molecule has 0 aromatic rings. The summed E-state index contributed by atoms with van der Waals surface area (Å²) in [5, 5.41) is 11.7. The zero-order valence-corrected chi connectivity index (χ0v) is 12.8. The zero-order valence-electron chi connectivity index (χ0n) is 12.0. The summed E-state index contributed by atoms with van der Waals surface area (Å²) in [5.41, 5.74) is 0. The van der Waals surface area contributed by atoms with Gasteiger partial charge in [0.15, 0.2) is 0 Å². The van der Waals surface area contributed by atoms with E-state index in [1.807, 2.05) is 0 Å². The van der Waals surface area contributed by atoms with E-state index in [4.69, 9.17) is 5.11 Å². The van der Waals surface area contributed by atoms with E-state index in [-0.39, 0.29) is 24.1 Å². The van der Waals surface area contributed by atoms with Crippen molar-refractivity contribution in [3.8, 4) is 0 Å². The summed E-state index contributed by atoms with van der Waals surface area (Å²) in [6.45, 7) is 1.10. The van der Waals surface area contributed by atoms with Crippen LogP contribution in [0.3, 0.4) is 0 Å². The molecule has 2 rings (SSSR count). The van der Waals surface area contributed by atoms with E-state index < -0.39 is 21.9 Å². The maximum Gasteiger partial charge on any atom is 0.306 e. The van der Waals surface area contributed by atoms with E-state index in [1.165, 1.54) is 4.31 Å². The number of carboxylic acid groups (broad SMARTS) is 1. The lowest BCUT2D eigenvalue weighted by Gasteiger charge is -2.26. The van der Waals surface area contributed by atoms with Crippen molar-refractivity contribution < 1.29 is 23.1 Å². The average molecular weight is 318 g/mol. The fraction of sp³-hybridized carbons (Fsp3) is 0.846. The first kappa shape index (κ1) is 16.2. The Labute approximate surface area is 124 Å². The van der Waals surface area contributed by atoms with Crippen LogP contribution in [0.2, 0.25) is 0 Å². The van der Waals surface area contributed by atoms with Crippen molar-refractivity contribution in [2.24, 2.45) is 11.8 Å². The molecule has 2 N–H and O–H groups in total. The summed E-state index contributed by atoms with van der Waals surface area (Å²) in [6, 6.07) is 0. The predicted octanol–water partition coefficient (Wildman–Crippen LogP) is 0.0291. The number of carbonyl (C=O) groups excluding carboxylic acids is 1. The fourth-order valence-electron chi connectivity index (χ4n) is 3.04. The van der Waals surface area contributed by atoms with E-state index >= 15 is 0 Å². The molecule has 2 aliphatic rings. The van der Waals surface area contributed by atoms with Gasteiger partial charge in [0.2, 0.25) is 15.9 Å². The second-order valence-corrected chi connectivity index (χ2v) is 7.85. The van der Waals surface area contributed by atoms with Crippen molar-refractivity contribution in [2.45, 2.75) is 32.1 Å². The molecular formula is C13H22N2O5S. The SMILES string of the molecule is O=C(O)C1CCCC(C(=O)NCCN2CCCS2(=O)=O)C1. The summed E-state index contributed by atoms with van der Waals surface area (Å²) in [4.78, 5) is 23.0. The number of carboxylic acids is 1. The molecule has 120 valence electrons. The van der Waals surface area contributed by atoms with Gasteiger partial charge < -0.3 is 10.4 Å². The van der Waals surface area contributed by atoms with E-state index in [9.17, 15) is 18.0 Å². The Morgan fingerprint density at radius 3 is 2.52 bits per heavy atom. The van der Waals surface area contributed by atoms with Gasteiger partial charge in [-0.3, -0.25) is 9.59 Å². The molecule has 0 radical (unpaired) electrons. The molecule has 0 aromatic heterocycles. The highest BCUT2D eigenvalue weighted by Gasteiger charge is 2.31. The quantitative estimate of drug-likeness (QED) is 0.744. The van der Waals surface area contributed by atoms with Crippen LogP contribution in [0, 0.1) is 11.8 Å². The average Bonchev–Trinajstić information content (AvgIpc) is 2.78. The minimum Gasteiger partial charge on any atom is -0.481 e. The molecule has 0 aromatic carbocycles. The summed E-state index contributed by atoms with van der Waals surface area (Å²) < 4.78 is 24.6. The second kappa shape index (κ2) is 6.74. The Balaban J connectivity index is 1.75. The largest absolute Gasteiger partial charge is 0.481 e. The summed E-state index contributed by atoms with van der Waals surface area (Å²) in [7, 11) is -3.13. The Kier molecular flexibility index (Phi) is 5.21. The molecule has 2 atom stereocenters. The summed E-state index contributed by atoms with van der Waals surface area (Å²) in [6.07, 6.45) is 3.10. The van der Waals surface area contributed by atoms with Crippen LogP contribution in [-0.2, 0) is 19.6 Å². The lowest BCUT2D eigenvalue weighted by atomic mass is 9.81. The maximum absolute atomic E-state index is 12.0. The Bertz CT molecular complexity index is 505. The van der Waals surface area contributed by atoms with Gasteiger partial charge in [0.1, 0.15) is 0 Å². The summed E-state index contributed by atoms with van der Waals surface area (Å²) >= 11 is 0. The first-order valence-corrected chi connectivity index (χ1v) is 8.99. The Hall–Kier alpha value is -1.15. The third kappa shape index (κ3) is 4.16. The minimum absolute atomic E-state index is 0.155. The van der Waals surface area contributed by atoms with Crippen molar-refractivity contribution in [1.82, 2.24) is 9.62 Å². The minimum atomic E-state index is -3.13. The number of hydrogen-bond acceptors (Lipinski definition) is 4. The third-order valence-electron chi connectivity index (χ3n) is 4.26. The molecule has 2 unspecified atom stereocenters. The molecule has 7 nitrogen and oxygen atoms in total. The standard InChI is InChI=1S/C13H22N2O5S/c16-12(10-3-1-4-11(9-10)13(17)18)14-5-7-15-6-2-8-21(15,19)20/h10-11H,1-9H2,(H,14,16)(H,17,18). The lowest BCUT2D eigenvalue weighted by Crippen LogP contribution is -2.40. The smallest absolute Gasteiger partial charge is 0.306 e. The van der Waals surface area contributed by atoms with Crippen LogP contribution in [0.25, 0.3) is 0 Å². The van der Waals surface area contributed by atoms with Gasteiger partial charge in [-0.25, -0.2) is 12.7 Å². The monoisotopic (exact) mass is 318 g/mol. The highest BCUT2D eigenvalue weighted by Crippen LogP contribution is 2.29. The topological polar surface area (TPSA) is 104 Å². The summed E-state index contributed by atoms with van der Waals surface area (Å²) in [5.74, 6) is -1.51. The number of nitrogens with one attached hydrogen (secondary N) is 1. The van der Waals surface area contributed by atoms with Gasteiger partial charge in [0.25, 0.3) is 0 Å². The van der Waals surface area contributed by atoms with E-state index in [2.05, 4.69) is 5.32 Å². The first-order chi connectivity index (χ1) is 9.90. The van der Waals surface area contributed by atoms with Crippen LogP contribution in [0.4, 0.5) is 0 Å². The number of aliphatic carboxylic acids is 1. The number of rotatable bonds is 5. The molecule has 0 spiro atoms. The number of sulfonamides is 1. The molecule has 21 heavy (non-hydrogen) atoms. The number of carbonyl (C=O) groups is 2.